The van der Waals surface area contributed by atoms with Crippen LogP contribution in [0.4, 0.5) is 4.39 Å². The summed E-state index contributed by atoms with van der Waals surface area (Å²) in [6.07, 6.45) is 0. The van der Waals surface area contributed by atoms with E-state index in [-0.39, 0.29) is 11.9 Å². The Bertz CT molecular complexity index is 528. The first-order chi connectivity index (χ1) is 9.20. The second kappa shape index (κ2) is 6.34. The van der Waals surface area contributed by atoms with E-state index in [1.807, 2.05) is 44.2 Å². The first kappa shape index (κ1) is 13.6. The summed E-state index contributed by atoms with van der Waals surface area (Å²) in [5.41, 5.74) is 0.825. The third-order valence-corrected chi connectivity index (χ3v) is 2.92. The molecule has 1 atom stereocenters. The van der Waals surface area contributed by atoms with Crippen molar-refractivity contribution < 1.29 is 9.13 Å². The van der Waals surface area contributed by atoms with Crippen LogP contribution >= 0.6 is 0 Å². The Balaban J connectivity index is 2.29. The molecule has 0 aliphatic heterocycles. The third kappa shape index (κ3) is 3.55. The monoisotopic (exact) mass is 259 g/mol. The van der Waals surface area contributed by atoms with Gasteiger partial charge in [-0.05, 0) is 43.8 Å². The molecule has 0 amide bonds. The Hall–Kier alpha value is -1.87. The molecule has 19 heavy (non-hydrogen) atoms. The summed E-state index contributed by atoms with van der Waals surface area (Å²) in [7, 11) is 0. The number of halogens is 1. The van der Waals surface area contributed by atoms with E-state index >= 15 is 0 Å². The summed E-state index contributed by atoms with van der Waals surface area (Å²) in [5, 5.41) is 3.27. The summed E-state index contributed by atoms with van der Waals surface area (Å²) >= 11 is 0. The lowest BCUT2D eigenvalue weighted by atomic mass is 10.1. The molecular weight excluding hydrogens is 241 g/mol. The highest BCUT2D eigenvalue weighted by molar-refractivity contribution is 5.39. The van der Waals surface area contributed by atoms with Gasteiger partial charge in [0.1, 0.15) is 17.3 Å². The molecule has 3 heteroatoms. The lowest BCUT2D eigenvalue weighted by Crippen LogP contribution is -2.18. The first-order valence-electron chi connectivity index (χ1n) is 6.46. The molecule has 0 aromatic heterocycles. The average Bonchev–Trinajstić information content (AvgIpc) is 2.42. The molecule has 2 aromatic rings. The molecule has 1 N–H and O–H groups in total. The van der Waals surface area contributed by atoms with E-state index in [1.54, 1.807) is 6.07 Å². The smallest absolute Gasteiger partial charge is 0.132 e. The third-order valence-electron chi connectivity index (χ3n) is 2.92. The number of hydrogen-bond acceptors (Lipinski definition) is 2. The molecule has 0 aliphatic rings. The molecular formula is C16H18FNO. The lowest BCUT2D eigenvalue weighted by molar-refractivity contribution is 0.460. The van der Waals surface area contributed by atoms with Gasteiger partial charge in [-0.1, -0.05) is 25.1 Å². The fourth-order valence-electron chi connectivity index (χ4n) is 1.98. The molecule has 0 saturated heterocycles. The lowest BCUT2D eigenvalue weighted by Gasteiger charge is -2.17. The number of benzene rings is 2. The van der Waals surface area contributed by atoms with Gasteiger partial charge in [0.15, 0.2) is 0 Å². The number of ether oxygens (including phenoxy) is 1. The van der Waals surface area contributed by atoms with Crippen LogP contribution in [0, 0.1) is 5.82 Å². The fraction of sp³-hybridized carbons (Fsp3) is 0.250. The number of rotatable bonds is 5. The Morgan fingerprint density at radius 3 is 2.58 bits per heavy atom. The molecule has 0 radical (unpaired) electrons. The van der Waals surface area contributed by atoms with Crippen molar-refractivity contribution in [3.05, 3.63) is 59.9 Å². The van der Waals surface area contributed by atoms with Gasteiger partial charge in [-0.2, -0.15) is 0 Å². The van der Waals surface area contributed by atoms with Crippen LogP contribution in [0.5, 0.6) is 11.5 Å². The van der Waals surface area contributed by atoms with Gasteiger partial charge < -0.3 is 10.1 Å². The summed E-state index contributed by atoms with van der Waals surface area (Å²) in [4.78, 5) is 0. The maximum Gasteiger partial charge on any atom is 0.132 e. The standard InChI is InChI=1S/C16H18FNO/c1-3-18-12(2)15-11-13(17)9-10-16(15)19-14-7-5-4-6-8-14/h4-12,18H,3H2,1-2H3. The van der Waals surface area contributed by atoms with Crippen molar-refractivity contribution in [3.8, 4) is 11.5 Å². The second-order valence-corrected chi connectivity index (χ2v) is 4.38. The van der Waals surface area contributed by atoms with Gasteiger partial charge in [0, 0.05) is 11.6 Å². The second-order valence-electron chi connectivity index (χ2n) is 4.38. The zero-order chi connectivity index (χ0) is 13.7. The zero-order valence-electron chi connectivity index (χ0n) is 11.2. The van der Waals surface area contributed by atoms with E-state index in [4.69, 9.17) is 4.74 Å². The topological polar surface area (TPSA) is 21.3 Å². The molecule has 0 fully saturated rings. The van der Waals surface area contributed by atoms with Crippen molar-refractivity contribution in [1.82, 2.24) is 5.32 Å². The molecule has 0 heterocycles. The Morgan fingerprint density at radius 2 is 1.89 bits per heavy atom. The molecule has 2 aromatic carbocycles. The SMILES string of the molecule is CCNC(C)c1cc(F)ccc1Oc1ccccc1. The van der Waals surface area contributed by atoms with Gasteiger partial charge >= 0.3 is 0 Å². The van der Waals surface area contributed by atoms with E-state index in [0.29, 0.717) is 5.75 Å². The minimum atomic E-state index is -0.250. The van der Waals surface area contributed by atoms with Gasteiger partial charge in [-0.15, -0.1) is 0 Å². The van der Waals surface area contributed by atoms with E-state index in [1.165, 1.54) is 12.1 Å². The van der Waals surface area contributed by atoms with Crippen LogP contribution in [0.25, 0.3) is 0 Å². The predicted octanol–water partition coefficient (Wildman–Crippen LogP) is 4.29. The number of nitrogens with one attached hydrogen (secondary N) is 1. The summed E-state index contributed by atoms with van der Waals surface area (Å²) in [6.45, 7) is 4.84. The maximum atomic E-state index is 13.4. The fourth-order valence-corrected chi connectivity index (χ4v) is 1.98. The number of para-hydroxylation sites is 1. The summed E-state index contributed by atoms with van der Waals surface area (Å²) in [6, 6.07) is 14.2. The molecule has 0 bridgehead atoms. The van der Waals surface area contributed by atoms with E-state index < -0.39 is 0 Å². The van der Waals surface area contributed by atoms with Gasteiger partial charge in [0.25, 0.3) is 0 Å². The minimum absolute atomic E-state index is 0.0411. The van der Waals surface area contributed by atoms with Crippen LogP contribution in [-0.2, 0) is 0 Å². The first-order valence-corrected chi connectivity index (χ1v) is 6.46. The predicted molar refractivity (Wildman–Crippen MR) is 75.0 cm³/mol. The van der Waals surface area contributed by atoms with E-state index in [9.17, 15) is 4.39 Å². The highest BCUT2D eigenvalue weighted by atomic mass is 19.1. The average molecular weight is 259 g/mol. The van der Waals surface area contributed by atoms with Crippen molar-refractivity contribution in [3.63, 3.8) is 0 Å². The normalized spacial score (nSPS) is 12.2. The quantitative estimate of drug-likeness (QED) is 0.865. The van der Waals surface area contributed by atoms with Crippen LogP contribution in [-0.4, -0.2) is 6.54 Å². The van der Waals surface area contributed by atoms with Crippen LogP contribution in [0.1, 0.15) is 25.5 Å². The highest BCUT2D eigenvalue weighted by Crippen LogP contribution is 2.30. The van der Waals surface area contributed by atoms with Crippen molar-refractivity contribution in [2.75, 3.05) is 6.54 Å². The van der Waals surface area contributed by atoms with E-state index in [2.05, 4.69) is 5.32 Å². The molecule has 0 aliphatic carbocycles. The van der Waals surface area contributed by atoms with Gasteiger partial charge in [0.2, 0.25) is 0 Å². The molecule has 2 rings (SSSR count). The van der Waals surface area contributed by atoms with Crippen LogP contribution in [0.2, 0.25) is 0 Å². The van der Waals surface area contributed by atoms with Gasteiger partial charge in [0.05, 0.1) is 0 Å². The maximum absolute atomic E-state index is 13.4. The number of hydrogen-bond donors (Lipinski definition) is 1. The Morgan fingerprint density at radius 1 is 1.16 bits per heavy atom. The molecule has 1 unspecified atom stereocenters. The van der Waals surface area contributed by atoms with Crippen molar-refractivity contribution in [2.45, 2.75) is 19.9 Å². The van der Waals surface area contributed by atoms with Crippen molar-refractivity contribution >= 4 is 0 Å². The zero-order valence-corrected chi connectivity index (χ0v) is 11.2. The van der Waals surface area contributed by atoms with E-state index in [0.717, 1.165) is 17.9 Å². The van der Waals surface area contributed by atoms with Gasteiger partial charge in [-0.3, -0.25) is 0 Å². The van der Waals surface area contributed by atoms with Crippen LogP contribution in [0.15, 0.2) is 48.5 Å². The largest absolute Gasteiger partial charge is 0.457 e. The van der Waals surface area contributed by atoms with Crippen LogP contribution < -0.4 is 10.1 Å². The highest BCUT2D eigenvalue weighted by Gasteiger charge is 2.12. The summed E-state index contributed by atoms with van der Waals surface area (Å²) < 4.78 is 19.2. The Labute approximate surface area is 113 Å². The molecule has 100 valence electrons. The molecule has 0 saturated carbocycles. The molecule has 2 nitrogen and oxygen atoms in total. The van der Waals surface area contributed by atoms with Crippen molar-refractivity contribution in [1.29, 1.82) is 0 Å². The minimum Gasteiger partial charge on any atom is -0.457 e. The summed E-state index contributed by atoms with van der Waals surface area (Å²) in [5.74, 6) is 1.18. The van der Waals surface area contributed by atoms with Gasteiger partial charge in [-0.25, -0.2) is 4.39 Å². The molecule has 0 spiro atoms. The van der Waals surface area contributed by atoms with Crippen molar-refractivity contribution in [2.24, 2.45) is 0 Å². The van der Waals surface area contributed by atoms with Crippen LogP contribution in [0.3, 0.4) is 0 Å². The Kier molecular flexibility index (Phi) is 4.53.